The van der Waals surface area contributed by atoms with E-state index in [4.69, 9.17) is 5.73 Å². The molecule has 0 amide bonds. The van der Waals surface area contributed by atoms with Gasteiger partial charge in [0.05, 0.1) is 0 Å². The van der Waals surface area contributed by atoms with Crippen molar-refractivity contribution in [3.63, 3.8) is 0 Å². The number of hydrogen-bond donors (Lipinski definition) is 1. The van der Waals surface area contributed by atoms with E-state index in [2.05, 4.69) is 28.9 Å². The zero-order chi connectivity index (χ0) is 11.5. The van der Waals surface area contributed by atoms with Crippen molar-refractivity contribution in [2.75, 3.05) is 0 Å². The van der Waals surface area contributed by atoms with Gasteiger partial charge in [0.2, 0.25) is 0 Å². The van der Waals surface area contributed by atoms with Gasteiger partial charge in [-0.2, -0.15) is 0 Å². The molecule has 1 aliphatic rings. The van der Waals surface area contributed by atoms with Crippen LogP contribution in [-0.4, -0.2) is 0 Å². The molecule has 1 nitrogen and oxygen atoms in total. The van der Waals surface area contributed by atoms with Crippen molar-refractivity contribution in [3.05, 3.63) is 20.3 Å². The minimum absolute atomic E-state index is 0.233. The summed E-state index contributed by atoms with van der Waals surface area (Å²) < 4.78 is 1.21. The lowest BCUT2D eigenvalue weighted by molar-refractivity contribution is 0.320. The van der Waals surface area contributed by atoms with Crippen molar-refractivity contribution in [2.24, 2.45) is 11.7 Å². The van der Waals surface area contributed by atoms with E-state index in [0.717, 1.165) is 5.92 Å². The van der Waals surface area contributed by atoms with Gasteiger partial charge in [0, 0.05) is 20.3 Å². The fourth-order valence-corrected chi connectivity index (χ4v) is 4.60. The van der Waals surface area contributed by atoms with Crippen LogP contribution >= 0.6 is 27.3 Å². The molecule has 1 heterocycles. The van der Waals surface area contributed by atoms with Crippen LogP contribution in [0.5, 0.6) is 0 Å². The molecule has 1 aliphatic carbocycles. The molecular weight excluding hydrogens is 282 g/mol. The van der Waals surface area contributed by atoms with Crippen LogP contribution in [-0.2, 0) is 0 Å². The van der Waals surface area contributed by atoms with Gasteiger partial charge in [-0.1, -0.05) is 32.1 Å². The number of nitrogens with two attached hydrogens (primary N) is 1. The van der Waals surface area contributed by atoms with Crippen LogP contribution in [0.3, 0.4) is 0 Å². The Labute approximate surface area is 111 Å². The lowest BCUT2D eigenvalue weighted by Crippen LogP contribution is -2.16. The van der Waals surface area contributed by atoms with Crippen LogP contribution in [0.25, 0.3) is 0 Å². The Morgan fingerprint density at radius 1 is 1.44 bits per heavy atom. The summed E-state index contributed by atoms with van der Waals surface area (Å²) in [5, 5.41) is 0. The largest absolute Gasteiger partial charge is 0.323 e. The monoisotopic (exact) mass is 301 g/mol. The standard InChI is InChI=1S/C13H20BrNS/c1-9-7-11(14)13(16-9)12(15)8-10-5-3-2-4-6-10/h7,10,12H,2-6,8,15H2,1H3. The second-order valence-electron chi connectivity index (χ2n) is 4.92. The fourth-order valence-electron chi connectivity index (χ4n) is 2.64. The number of rotatable bonds is 3. The lowest BCUT2D eigenvalue weighted by atomic mass is 9.85. The third-order valence-corrected chi connectivity index (χ3v) is 5.59. The number of halogens is 1. The highest BCUT2D eigenvalue weighted by Gasteiger charge is 2.20. The predicted molar refractivity (Wildman–Crippen MR) is 74.9 cm³/mol. The molecule has 0 radical (unpaired) electrons. The van der Waals surface area contributed by atoms with Crippen LogP contribution in [0.2, 0.25) is 0 Å². The molecule has 1 aromatic rings. The highest BCUT2D eigenvalue weighted by Crippen LogP contribution is 2.36. The Kier molecular flexibility index (Phi) is 4.45. The van der Waals surface area contributed by atoms with Crippen LogP contribution in [0.1, 0.15) is 54.3 Å². The van der Waals surface area contributed by atoms with Gasteiger partial charge in [0.1, 0.15) is 0 Å². The zero-order valence-corrected chi connectivity index (χ0v) is 12.2. The summed E-state index contributed by atoms with van der Waals surface area (Å²) in [4.78, 5) is 2.68. The van der Waals surface area contributed by atoms with E-state index in [-0.39, 0.29) is 6.04 Å². The van der Waals surface area contributed by atoms with Crippen LogP contribution in [0.15, 0.2) is 10.5 Å². The molecule has 0 aromatic carbocycles. The molecule has 1 unspecified atom stereocenters. The average molecular weight is 302 g/mol. The maximum absolute atomic E-state index is 6.32. The molecule has 3 heteroatoms. The van der Waals surface area contributed by atoms with E-state index in [9.17, 15) is 0 Å². The van der Waals surface area contributed by atoms with Crippen molar-refractivity contribution >= 4 is 27.3 Å². The van der Waals surface area contributed by atoms with Gasteiger partial charge < -0.3 is 5.73 Å². The Hall–Kier alpha value is 0.140. The minimum atomic E-state index is 0.233. The summed E-state index contributed by atoms with van der Waals surface area (Å²) in [5.74, 6) is 0.859. The fraction of sp³-hybridized carbons (Fsp3) is 0.692. The molecule has 0 spiro atoms. The number of hydrogen-bond acceptors (Lipinski definition) is 2. The quantitative estimate of drug-likeness (QED) is 0.853. The molecule has 1 fully saturated rings. The predicted octanol–water partition coefficient (Wildman–Crippen LogP) is 4.79. The van der Waals surface area contributed by atoms with E-state index in [1.807, 2.05) is 11.3 Å². The third-order valence-electron chi connectivity index (χ3n) is 3.49. The summed E-state index contributed by atoms with van der Waals surface area (Å²) in [6, 6.07) is 2.41. The SMILES string of the molecule is Cc1cc(Br)c(C(N)CC2CCCCC2)s1. The number of thiophene rings is 1. The second-order valence-corrected chi connectivity index (χ2v) is 7.06. The van der Waals surface area contributed by atoms with Gasteiger partial charge in [0.15, 0.2) is 0 Å². The van der Waals surface area contributed by atoms with Crippen molar-refractivity contribution < 1.29 is 0 Å². The Bertz CT molecular complexity index is 342. The summed E-state index contributed by atoms with van der Waals surface area (Å²) in [6.07, 6.45) is 8.17. The summed E-state index contributed by atoms with van der Waals surface area (Å²) >= 11 is 5.45. The maximum Gasteiger partial charge on any atom is 0.0403 e. The van der Waals surface area contributed by atoms with Gasteiger partial charge in [0.25, 0.3) is 0 Å². The first-order valence-corrected chi connectivity index (χ1v) is 7.79. The van der Waals surface area contributed by atoms with Gasteiger partial charge in [-0.3, -0.25) is 0 Å². The maximum atomic E-state index is 6.32. The van der Waals surface area contributed by atoms with E-state index in [1.54, 1.807) is 0 Å². The van der Waals surface area contributed by atoms with Crippen LogP contribution in [0.4, 0.5) is 0 Å². The number of aryl methyl sites for hydroxylation is 1. The normalized spacial score (nSPS) is 19.9. The first-order valence-electron chi connectivity index (χ1n) is 6.18. The molecule has 0 bridgehead atoms. The topological polar surface area (TPSA) is 26.0 Å². The minimum Gasteiger partial charge on any atom is -0.323 e. The average Bonchev–Trinajstić information content (AvgIpc) is 2.59. The zero-order valence-electron chi connectivity index (χ0n) is 9.84. The molecule has 0 saturated heterocycles. The smallest absolute Gasteiger partial charge is 0.0403 e. The van der Waals surface area contributed by atoms with Crippen LogP contribution < -0.4 is 5.73 Å². The van der Waals surface area contributed by atoms with Gasteiger partial charge in [-0.05, 0) is 41.3 Å². The molecule has 0 aliphatic heterocycles. The molecule has 16 heavy (non-hydrogen) atoms. The third kappa shape index (κ3) is 3.08. The van der Waals surface area contributed by atoms with E-state index >= 15 is 0 Å². The molecule has 1 saturated carbocycles. The van der Waals surface area contributed by atoms with Gasteiger partial charge in [-0.15, -0.1) is 11.3 Å². The summed E-state index contributed by atoms with van der Waals surface area (Å²) in [5.41, 5.74) is 6.32. The van der Waals surface area contributed by atoms with E-state index in [0.29, 0.717) is 0 Å². The lowest BCUT2D eigenvalue weighted by Gasteiger charge is -2.24. The highest BCUT2D eigenvalue weighted by molar-refractivity contribution is 9.10. The van der Waals surface area contributed by atoms with Crippen molar-refractivity contribution in [2.45, 2.75) is 51.5 Å². The van der Waals surface area contributed by atoms with Crippen molar-refractivity contribution in [1.82, 2.24) is 0 Å². The molecule has 90 valence electrons. The highest BCUT2D eigenvalue weighted by atomic mass is 79.9. The van der Waals surface area contributed by atoms with Crippen molar-refractivity contribution in [3.8, 4) is 0 Å². The summed E-state index contributed by atoms with van der Waals surface area (Å²) in [6.45, 7) is 2.15. The van der Waals surface area contributed by atoms with E-state index in [1.165, 1.54) is 52.8 Å². The molecular formula is C13H20BrNS. The molecule has 1 aromatic heterocycles. The molecule has 2 N–H and O–H groups in total. The first-order chi connectivity index (χ1) is 7.66. The Morgan fingerprint density at radius 2 is 2.12 bits per heavy atom. The second kappa shape index (κ2) is 5.65. The Morgan fingerprint density at radius 3 is 2.69 bits per heavy atom. The van der Waals surface area contributed by atoms with E-state index < -0.39 is 0 Å². The molecule has 1 atom stereocenters. The van der Waals surface area contributed by atoms with Crippen LogP contribution in [0, 0.1) is 12.8 Å². The Balaban J connectivity index is 1.96. The first kappa shape index (κ1) is 12.6. The van der Waals surface area contributed by atoms with Crippen molar-refractivity contribution in [1.29, 1.82) is 0 Å². The summed E-state index contributed by atoms with van der Waals surface area (Å²) in [7, 11) is 0. The molecule has 2 rings (SSSR count). The van der Waals surface area contributed by atoms with Gasteiger partial charge in [-0.25, -0.2) is 0 Å². The van der Waals surface area contributed by atoms with Gasteiger partial charge >= 0.3 is 0 Å².